The lowest BCUT2D eigenvalue weighted by Crippen LogP contribution is -1.92. The first-order valence-corrected chi connectivity index (χ1v) is 6.97. The van der Waals surface area contributed by atoms with Gasteiger partial charge in [0.15, 0.2) is 5.95 Å². The standard InChI is InChI=1S/C15H17ClFN3/c1-7-13(20-14(18)19-7)12-11(15(12,2)3)8-4-5-10(17)9(16)6-8/h4-6,11-12H,1-3H3,(H3,18,19,20)/t11-,12+/m0/s1. The third-order valence-electron chi connectivity index (χ3n) is 4.37. The van der Waals surface area contributed by atoms with Gasteiger partial charge in [-0.2, -0.15) is 0 Å². The Morgan fingerprint density at radius 1 is 1.35 bits per heavy atom. The zero-order valence-electron chi connectivity index (χ0n) is 11.7. The third kappa shape index (κ3) is 1.90. The Labute approximate surface area is 122 Å². The molecule has 0 unspecified atom stereocenters. The number of aromatic nitrogens is 2. The topological polar surface area (TPSA) is 54.7 Å². The van der Waals surface area contributed by atoms with Crippen molar-refractivity contribution < 1.29 is 4.39 Å². The van der Waals surface area contributed by atoms with E-state index in [1.54, 1.807) is 12.1 Å². The second-order valence-electron chi connectivity index (χ2n) is 6.08. The van der Waals surface area contributed by atoms with Crippen LogP contribution in [0.2, 0.25) is 5.02 Å². The number of hydrogen-bond acceptors (Lipinski definition) is 2. The molecule has 1 aromatic heterocycles. The van der Waals surface area contributed by atoms with Gasteiger partial charge in [0.2, 0.25) is 0 Å². The second-order valence-corrected chi connectivity index (χ2v) is 6.49. The summed E-state index contributed by atoms with van der Waals surface area (Å²) in [6, 6.07) is 4.95. The predicted octanol–water partition coefficient (Wildman–Crippen LogP) is 4.00. The average molecular weight is 294 g/mol. The summed E-state index contributed by atoms with van der Waals surface area (Å²) in [6.45, 7) is 6.34. The Morgan fingerprint density at radius 2 is 2.05 bits per heavy atom. The number of nitrogens with zero attached hydrogens (tertiary/aromatic N) is 1. The summed E-state index contributed by atoms with van der Waals surface area (Å²) in [5.74, 6) is 0.612. The van der Waals surface area contributed by atoms with Crippen LogP contribution >= 0.6 is 11.6 Å². The van der Waals surface area contributed by atoms with Gasteiger partial charge in [-0.05, 0) is 36.0 Å². The van der Waals surface area contributed by atoms with Gasteiger partial charge in [-0.15, -0.1) is 0 Å². The van der Waals surface area contributed by atoms with E-state index in [9.17, 15) is 4.39 Å². The van der Waals surface area contributed by atoms with Crippen molar-refractivity contribution >= 4 is 17.5 Å². The summed E-state index contributed by atoms with van der Waals surface area (Å²) in [7, 11) is 0. The number of nitrogens with one attached hydrogen (secondary N) is 1. The Balaban J connectivity index is 1.99. The first-order valence-electron chi connectivity index (χ1n) is 6.59. The van der Waals surface area contributed by atoms with Crippen molar-refractivity contribution in [3.63, 3.8) is 0 Å². The van der Waals surface area contributed by atoms with Crippen LogP contribution in [0.5, 0.6) is 0 Å². The predicted molar refractivity (Wildman–Crippen MR) is 78.4 cm³/mol. The molecule has 3 N–H and O–H groups in total. The lowest BCUT2D eigenvalue weighted by atomic mass is 10.0. The minimum atomic E-state index is -0.384. The molecule has 2 aromatic rings. The summed E-state index contributed by atoms with van der Waals surface area (Å²) < 4.78 is 13.3. The van der Waals surface area contributed by atoms with E-state index in [1.807, 2.05) is 6.92 Å². The Kier molecular flexibility index (Phi) is 2.83. The van der Waals surface area contributed by atoms with Gasteiger partial charge >= 0.3 is 0 Å². The van der Waals surface area contributed by atoms with E-state index in [-0.39, 0.29) is 28.1 Å². The highest BCUT2D eigenvalue weighted by Crippen LogP contribution is 2.70. The zero-order valence-corrected chi connectivity index (χ0v) is 12.4. The van der Waals surface area contributed by atoms with Crippen LogP contribution in [0.1, 0.15) is 42.6 Å². The number of hydrogen-bond donors (Lipinski definition) is 2. The molecular weight excluding hydrogens is 277 g/mol. The number of aryl methyl sites for hydroxylation is 1. The SMILES string of the molecule is Cc1[nH]c(N)nc1[C@H]1[C@H](c2ccc(F)c(Cl)c2)C1(C)C. The molecule has 3 nitrogen and oxygen atoms in total. The largest absolute Gasteiger partial charge is 0.369 e. The molecule has 3 rings (SSSR count). The first kappa shape index (κ1) is 13.4. The van der Waals surface area contributed by atoms with Crippen LogP contribution < -0.4 is 5.73 Å². The monoisotopic (exact) mass is 293 g/mol. The lowest BCUT2D eigenvalue weighted by molar-refractivity contribution is 0.596. The molecule has 20 heavy (non-hydrogen) atoms. The normalized spacial score (nSPS) is 23.9. The summed E-state index contributed by atoms with van der Waals surface area (Å²) in [6.07, 6.45) is 0. The number of aromatic amines is 1. The van der Waals surface area contributed by atoms with Crippen molar-refractivity contribution in [2.75, 3.05) is 5.73 Å². The maximum atomic E-state index is 13.3. The highest BCUT2D eigenvalue weighted by Gasteiger charge is 2.60. The lowest BCUT2D eigenvalue weighted by Gasteiger charge is -2.03. The molecule has 5 heteroatoms. The first-order chi connectivity index (χ1) is 9.32. The highest BCUT2D eigenvalue weighted by atomic mass is 35.5. The van der Waals surface area contributed by atoms with Gasteiger partial charge in [-0.1, -0.05) is 31.5 Å². The molecule has 0 aliphatic heterocycles. The molecule has 2 atom stereocenters. The molecular formula is C15H17ClFN3. The van der Waals surface area contributed by atoms with Gasteiger partial charge in [0, 0.05) is 11.6 Å². The number of nitrogens with two attached hydrogens (primary N) is 1. The number of halogens is 2. The number of H-pyrrole nitrogens is 1. The van der Waals surface area contributed by atoms with Crippen molar-refractivity contribution in [3.8, 4) is 0 Å². The fourth-order valence-electron chi connectivity index (χ4n) is 3.28. The maximum Gasteiger partial charge on any atom is 0.197 e. The molecule has 1 aliphatic rings. The smallest absolute Gasteiger partial charge is 0.197 e. The van der Waals surface area contributed by atoms with Crippen LogP contribution in [-0.2, 0) is 0 Å². The molecule has 1 heterocycles. The van der Waals surface area contributed by atoms with E-state index in [2.05, 4.69) is 23.8 Å². The number of rotatable bonds is 2. The van der Waals surface area contributed by atoms with Crippen LogP contribution in [0.3, 0.4) is 0 Å². The highest BCUT2D eigenvalue weighted by molar-refractivity contribution is 6.30. The molecule has 1 aliphatic carbocycles. The van der Waals surface area contributed by atoms with Gasteiger partial charge in [0.05, 0.1) is 10.7 Å². The molecule has 0 amide bonds. The van der Waals surface area contributed by atoms with Crippen LogP contribution in [0.4, 0.5) is 10.3 Å². The molecule has 106 valence electrons. The van der Waals surface area contributed by atoms with Crippen LogP contribution in [0.15, 0.2) is 18.2 Å². The van der Waals surface area contributed by atoms with E-state index in [4.69, 9.17) is 17.3 Å². The van der Waals surface area contributed by atoms with Crippen molar-refractivity contribution in [1.29, 1.82) is 0 Å². The number of imidazole rings is 1. The quantitative estimate of drug-likeness (QED) is 0.879. The van der Waals surface area contributed by atoms with Crippen molar-refractivity contribution in [2.24, 2.45) is 5.41 Å². The minimum absolute atomic E-state index is 0.0630. The van der Waals surface area contributed by atoms with Gasteiger partial charge in [-0.3, -0.25) is 0 Å². The van der Waals surface area contributed by atoms with Crippen molar-refractivity contribution in [3.05, 3.63) is 46.0 Å². The Morgan fingerprint density at radius 3 is 2.60 bits per heavy atom. The van der Waals surface area contributed by atoms with Crippen LogP contribution in [0.25, 0.3) is 0 Å². The van der Waals surface area contributed by atoms with Gasteiger partial charge in [0.1, 0.15) is 5.82 Å². The van der Waals surface area contributed by atoms with Crippen LogP contribution in [-0.4, -0.2) is 9.97 Å². The molecule has 0 spiro atoms. The van der Waals surface area contributed by atoms with Gasteiger partial charge in [0.25, 0.3) is 0 Å². The van der Waals surface area contributed by atoms with Crippen LogP contribution in [0, 0.1) is 18.2 Å². The molecule has 0 saturated heterocycles. The minimum Gasteiger partial charge on any atom is -0.369 e. The van der Waals surface area contributed by atoms with E-state index >= 15 is 0 Å². The van der Waals surface area contributed by atoms with E-state index in [1.165, 1.54) is 6.07 Å². The summed E-state index contributed by atoms with van der Waals surface area (Å²) in [4.78, 5) is 7.44. The molecule has 1 saturated carbocycles. The summed E-state index contributed by atoms with van der Waals surface area (Å²) in [5.41, 5.74) is 8.83. The average Bonchev–Trinajstić information content (AvgIpc) is 2.75. The second kappa shape index (κ2) is 4.22. The molecule has 1 aromatic carbocycles. The van der Waals surface area contributed by atoms with E-state index < -0.39 is 0 Å². The Bertz CT molecular complexity index is 678. The fraction of sp³-hybridized carbons (Fsp3) is 0.400. The van der Waals surface area contributed by atoms with Gasteiger partial charge < -0.3 is 10.7 Å². The number of benzene rings is 1. The molecule has 1 fully saturated rings. The van der Waals surface area contributed by atoms with Crippen molar-refractivity contribution in [2.45, 2.75) is 32.6 Å². The fourth-order valence-corrected chi connectivity index (χ4v) is 3.47. The zero-order chi connectivity index (χ0) is 14.7. The van der Waals surface area contributed by atoms with Gasteiger partial charge in [-0.25, -0.2) is 9.37 Å². The summed E-state index contributed by atoms with van der Waals surface area (Å²) in [5, 5.41) is 0.169. The molecule has 0 bridgehead atoms. The summed E-state index contributed by atoms with van der Waals surface area (Å²) >= 11 is 5.89. The number of anilines is 1. The van der Waals surface area contributed by atoms with E-state index in [0.717, 1.165) is 17.0 Å². The third-order valence-corrected chi connectivity index (χ3v) is 4.66. The van der Waals surface area contributed by atoms with E-state index in [0.29, 0.717) is 5.95 Å². The Hall–Kier alpha value is -1.55. The number of nitrogen functional groups attached to an aromatic ring is 1. The van der Waals surface area contributed by atoms with Crippen molar-refractivity contribution in [1.82, 2.24) is 9.97 Å². The molecule has 0 radical (unpaired) electrons. The maximum absolute atomic E-state index is 13.3.